The molecule has 0 radical (unpaired) electrons. The van der Waals surface area contributed by atoms with Crippen LogP contribution in [0.4, 0.5) is 5.69 Å². The highest BCUT2D eigenvalue weighted by Gasteiger charge is 2.24. The summed E-state index contributed by atoms with van der Waals surface area (Å²) in [5, 5.41) is 5.92. The molecule has 0 atom stereocenters. The highest BCUT2D eigenvalue weighted by Crippen LogP contribution is 2.33. The van der Waals surface area contributed by atoms with Gasteiger partial charge >= 0.3 is 0 Å². The number of aromatic nitrogens is 5. The van der Waals surface area contributed by atoms with Gasteiger partial charge in [-0.3, -0.25) is 19.0 Å². The molecule has 37 heavy (non-hydrogen) atoms. The number of carbonyl (C=O) groups is 2. The molecule has 1 aliphatic heterocycles. The minimum Gasteiger partial charge on any atom is -0.348 e. The van der Waals surface area contributed by atoms with Crippen LogP contribution in [0.25, 0.3) is 17.7 Å². The van der Waals surface area contributed by atoms with Crippen molar-refractivity contribution in [2.24, 2.45) is 0 Å². The van der Waals surface area contributed by atoms with Gasteiger partial charge in [-0.15, -0.1) is 0 Å². The summed E-state index contributed by atoms with van der Waals surface area (Å²) in [5.74, 6) is -0.715. The second-order valence-corrected chi connectivity index (χ2v) is 8.55. The number of benzene rings is 1. The number of hydrogen-bond acceptors (Lipinski definition) is 6. The van der Waals surface area contributed by atoms with Gasteiger partial charge < -0.3 is 15.6 Å². The van der Waals surface area contributed by atoms with Gasteiger partial charge in [0.2, 0.25) is 0 Å². The predicted molar refractivity (Wildman–Crippen MR) is 140 cm³/mol. The Balaban J connectivity index is 1.22. The Hall–Kier alpha value is -4.83. The Morgan fingerprint density at radius 2 is 2.00 bits per heavy atom. The molecule has 0 aliphatic carbocycles. The zero-order valence-electron chi connectivity index (χ0n) is 19.3. The van der Waals surface area contributed by atoms with Gasteiger partial charge in [0.15, 0.2) is 0 Å². The van der Waals surface area contributed by atoms with E-state index in [0.29, 0.717) is 16.4 Å². The fourth-order valence-electron chi connectivity index (χ4n) is 3.82. The molecular weight excluding hydrogens is 494 g/mol. The topological polar surface area (TPSA) is 135 Å². The molecule has 3 N–H and O–H groups in total. The summed E-state index contributed by atoms with van der Waals surface area (Å²) in [7, 11) is 0. The number of nitrogens with one attached hydrogen (secondary N) is 3. The van der Waals surface area contributed by atoms with Crippen LogP contribution in [0.5, 0.6) is 0 Å². The molecular formula is C26H20ClN7O3. The first-order chi connectivity index (χ1) is 18.0. The Morgan fingerprint density at radius 1 is 1.11 bits per heavy atom. The van der Waals surface area contributed by atoms with Gasteiger partial charge in [-0.1, -0.05) is 42.0 Å². The standard InChI is InChI=1S/C26H20ClN7O3/c27-23-6-4-17(10-31-23)13-34-15-29-12-21(26(34)37)24(35)30-7-1-2-16-3-5-19-20(9-18-11-28-14-32-18)25(36)33-22(19)8-16/h1-6,8-12,14-15H,7,13H2,(H,28,32)(H,30,35)(H,33,36)/b2-1+,20-9-. The van der Waals surface area contributed by atoms with Crippen molar-refractivity contribution in [2.75, 3.05) is 11.9 Å². The lowest BCUT2D eigenvalue weighted by molar-refractivity contribution is -0.110. The predicted octanol–water partition coefficient (Wildman–Crippen LogP) is 3.00. The van der Waals surface area contributed by atoms with Crippen LogP contribution in [-0.2, 0) is 11.3 Å². The summed E-state index contributed by atoms with van der Waals surface area (Å²) in [6.45, 7) is 0.410. The molecule has 11 heteroatoms. The van der Waals surface area contributed by atoms with Crippen molar-refractivity contribution in [1.82, 2.24) is 29.8 Å². The quantitative estimate of drug-likeness (QED) is 0.257. The molecule has 0 spiro atoms. The smallest absolute Gasteiger partial charge is 0.266 e. The van der Waals surface area contributed by atoms with Crippen LogP contribution in [0.1, 0.15) is 32.7 Å². The van der Waals surface area contributed by atoms with E-state index in [-0.39, 0.29) is 24.6 Å². The van der Waals surface area contributed by atoms with Crippen LogP contribution in [-0.4, -0.2) is 42.9 Å². The van der Waals surface area contributed by atoms with Gasteiger partial charge in [0.1, 0.15) is 10.7 Å². The molecule has 3 aromatic heterocycles. The number of nitrogens with zero attached hydrogens (tertiary/aromatic N) is 4. The van der Waals surface area contributed by atoms with Crippen molar-refractivity contribution in [2.45, 2.75) is 6.54 Å². The van der Waals surface area contributed by atoms with E-state index in [0.717, 1.165) is 22.4 Å². The molecule has 0 unspecified atom stereocenters. The Labute approximate surface area is 215 Å². The van der Waals surface area contributed by atoms with E-state index in [1.165, 1.54) is 17.1 Å². The van der Waals surface area contributed by atoms with Gasteiger partial charge in [0.05, 0.1) is 36.7 Å². The third-order valence-electron chi connectivity index (χ3n) is 5.62. The number of pyridine rings is 1. The number of carbonyl (C=O) groups excluding carboxylic acids is 2. The van der Waals surface area contributed by atoms with Crippen molar-refractivity contribution in [3.8, 4) is 0 Å². The molecule has 0 saturated carbocycles. The van der Waals surface area contributed by atoms with Crippen LogP contribution in [0.15, 0.2) is 72.4 Å². The lowest BCUT2D eigenvalue weighted by atomic mass is 10.0. The lowest BCUT2D eigenvalue weighted by Crippen LogP contribution is -2.33. The molecule has 4 aromatic rings. The zero-order valence-corrected chi connectivity index (χ0v) is 20.1. The first kappa shape index (κ1) is 23.9. The van der Waals surface area contributed by atoms with Gasteiger partial charge in [-0.05, 0) is 29.3 Å². The van der Waals surface area contributed by atoms with Crippen molar-refractivity contribution in [1.29, 1.82) is 0 Å². The molecule has 184 valence electrons. The minimum atomic E-state index is -0.527. The van der Waals surface area contributed by atoms with Gasteiger partial charge in [-0.25, -0.2) is 15.0 Å². The zero-order chi connectivity index (χ0) is 25.8. The highest BCUT2D eigenvalue weighted by atomic mass is 35.5. The number of halogens is 1. The number of imidazole rings is 1. The Kier molecular flexibility index (Phi) is 6.73. The summed E-state index contributed by atoms with van der Waals surface area (Å²) < 4.78 is 1.34. The van der Waals surface area contributed by atoms with Crippen LogP contribution in [0, 0.1) is 0 Å². The Morgan fingerprint density at radius 3 is 2.78 bits per heavy atom. The fourth-order valence-corrected chi connectivity index (χ4v) is 3.93. The largest absolute Gasteiger partial charge is 0.348 e. The van der Waals surface area contributed by atoms with Crippen molar-refractivity contribution in [3.63, 3.8) is 0 Å². The Bertz CT molecular complexity index is 1590. The number of fused-ring (bicyclic) bond motifs is 1. The molecule has 2 amide bonds. The van der Waals surface area contributed by atoms with Crippen LogP contribution < -0.4 is 16.2 Å². The van der Waals surface area contributed by atoms with E-state index in [4.69, 9.17) is 11.6 Å². The molecule has 10 nitrogen and oxygen atoms in total. The molecule has 0 fully saturated rings. The second kappa shape index (κ2) is 10.4. The van der Waals surface area contributed by atoms with Crippen molar-refractivity contribution >= 4 is 46.8 Å². The maximum Gasteiger partial charge on any atom is 0.266 e. The van der Waals surface area contributed by atoms with Gasteiger partial charge in [-0.2, -0.15) is 0 Å². The summed E-state index contributed by atoms with van der Waals surface area (Å²) >= 11 is 5.80. The summed E-state index contributed by atoms with van der Waals surface area (Å²) in [6, 6.07) is 8.97. The summed E-state index contributed by atoms with van der Waals surface area (Å²) in [4.78, 5) is 52.7. The van der Waals surface area contributed by atoms with E-state index in [2.05, 4.69) is 30.6 Å². The SMILES string of the molecule is O=C1Nc2cc(/C=C/CNC(=O)c3cncn(Cc4ccc(Cl)nc4)c3=O)ccc2/C1=C/c1cnc[nH]1. The highest BCUT2D eigenvalue weighted by molar-refractivity contribution is 6.34. The van der Waals surface area contributed by atoms with E-state index < -0.39 is 11.5 Å². The van der Waals surface area contributed by atoms with E-state index in [9.17, 15) is 14.4 Å². The van der Waals surface area contributed by atoms with Crippen molar-refractivity contribution in [3.05, 3.63) is 111 Å². The molecule has 0 saturated heterocycles. The van der Waals surface area contributed by atoms with E-state index in [1.807, 2.05) is 24.3 Å². The maximum absolute atomic E-state index is 12.8. The molecule has 1 aromatic carbocycles. The summed E-state index contributed by atoms with van der Waals surface area (Å²) in [6.07, 6.45) is 12.7. The number of anilines is 1. The first-order valence-corrected chi connectivity index (χ1v) is 11.6. The minimum absolute atomic E-state index is 0.0605. The number of aromatic amines is 1. The molecule has 1 aliphatic rings. The first-order valence-electron chi connectivity index (χ1n) is 11.2. The van der Waals surface area contributed by atoms with Crippen LogP contribution >= 0.6 is 11.6 Å². The van der Waals surface area contributed by atoms with Crippen LogP contribution in [0.2, 0.25) is 5.15 Å². The average molecular weight is 514 g/mol. The summed E-state index contributed by atoms with van der Waals surface area (Å²) in [5.41, 5.74) is 3.87. The monoisotopic (exact) mass is 513 g/mol. The second-order valence-electron chi connectivity index (χ2n) is 8.17. The fraction of sp³-hybridized carbons (Fsp3) is 0.0769. The average Bonchev–Trinajstić information content (AvgIpc) is 3.52. The number of H-pyrrole nitrogens is 1. The molecule has 0 bridgehead atoms. The third-order valence-corrected chi connectivity index (χ3v) is 5.85. The van der Waals surface area contributed by atoms with Crippen molar-refractivity contribution < 1.29 is 9.59 Å². The number of hydrogen-bond donors (Lipinski definition) is 3. The van der Waals surface area contributed by atoms with Crippen LogP contribution in [0.3, 0.4) is 0 Å². The van der Waals surface area contributed by atoms with E-state index in [1.54, 1.807) is 43.0 Å². The lowest BCUT2D eigenvalue weighted by Gasteiger charge is -2.07. The maximum atomic E-state index is 12.8. The molecule has 4 heterocycles. The van der Waals surface area contributed by atoms with E-state index >= 15 is 0 Å². The third kappa shape index (κ3) is 5.39. The number of amides is 2. The normalized spacial score (nSPS) is 13.6. The van der Waals surface area contributed by atoms with Gasteiger partial charge in [0, 0.05) is 30.2 Å². The van der Waals surface area contributed by atoms with Gasteiger partial charge in [0.25, 0.3) is 17.4 Å². The molecule has 5 rings (SSSR count). The number of rotatable bonds is 7.